The number of thiophene rings is 1. The van der Waals surface area contributed by atoms with E-state index in [9.17, 15) is 4.39 Å². The summed E-state index contributed by atoms with van der Waals surface area (Å²) in [7, 11) is 0. The van der Waals surface area contributed by atoms with Crippen LogP contribution in [0, 0.1) is 5.82 Å². The Hall–Kier alpha value is -1.11. The molecule has 3 aromatic rings. The molecule has 2 heterocycles. The van der Waals surface area contributed by atoms with E-state index in [1.165, 1.54) is 12.1 Å². The van der Waals surface area contributed by atoms with Gasteiger partial charge in [-0.25, -0.2) is 9.37 Å². The topological polar surface area (TPSA) is 43.8 Å². The lowest BCUT2D eigenvalue weighted by Gasteiger charge is -2.04. The first kappa shape index (κ1) is 12.9. The SMILES string of the molecule is Nc1nc2cc(Cl)c(F)cc2n1Cc1ccc(Br)s1. The van der Waals surface area contributed by atoms with Gasteiger partial charge in [0.1, 0.15) is 5.82 Å². The van der Waals surface area contributed by atoms with Gasteiger partial charge in [-0.1, -0.05) is 11.6 Å². The Morgan fingerprint density at radius 3 is 2.89 bits per heavy atom. The highest BCUT2D eigenvalue weighted by atomic mass is 79.9. The summed E-state index contributed by atoms with van der Waals surface area (Å²) in [6.45, 7) is 0.555. The van der Waals surface area contributed by atoms with Gasteiger partial charge in [0, 0.05) is 10.9 Å². The Morgan fingerprint density at radius 1 is 1.42 bits per heavy atom. The van der Waals surface area contributed by atoms with Gasteiger partial charge >= 0.3 is 0 Å². The van der Waals surface area contributed by atoms with Gasteiger partial charge in [0.2, 0.25) is 5.95 Å². The number of rotatable bonds is 2. The van der Waals surface area contributed by atoms with E-state index in [2.05, 4.69) is 20.9 Å². The van der Waals surface area contributed by atoms with Crippen molar-refractivity contribution in [2.45, 2.75) is 6.54 Å². The molecule has 0 aliphatic heterocycles. The van der Waals surface area contributed by atoms with Crippen LogP contribution >= 0.6 is 38.9 Å². The van der Waals surface area contributed by atoms with Gasteiger partial charge in [-0.05, 0) is 34.1 Å². The Balaban J connectivity index is 2.12. The summed E-state index contributed by atoms with van der Waals surface area (Å²) in [5.74, 6) is -0.121. The van der Waals surface area contributed by atoms with Crippen LogP contribution in [0.5, 0.6) is 0 Å². The molecule has 0 radical (unpaired) electrons. The number of nitrogens with two attached hydrogens (primary N) is 1. The fraction of sp³-hybridized carbons (Fsp3) is 0.0833. The van der Waals surface area contributed by atoms with Crippen LogP contribution in [0.4, 0.5) is 10.3 Å². The van der Waals surface area contributed by atoms with E-state index in [1.807, 2.05) is 12.1 Å². The Labute approximate surface area is 125 Å². The normalized spacial score (nSPS) is 11.3. The van der Waals surface area contributed by atoms with Crippen LogP contribution in [0.3, 0.4) is 0 Å². The van der Waals surface area contributed by atoms with E-state index in [1.54, 1.807) is 15.9 Å². The van der Waals surface area contributed by atoms with E-state index in [4.69, 9.17) is 17.3 Å². The van der Waals surface area contributed by atoms with Crippen molar-refractivity contribution >= 4 is 55.8 Å². The molecule has 2 N–H and O–H groups in total. The molecule has 0 unspecified atom stereocenters. The highest BCUT2D eigenvalue weighted by Gasteiger charge is 2.12. The zero-order valence-electron chi connectivity index (χ0n) is 9.53. The molecular weight excluding hydrogens is 353 g/mol. The van der Waals surface area contributed by atoms with Crippen molar-refractivity contribution in [1.82, 2.24) is 9.55 Å². The van der Waals surface area contributed by atoms with Crippen molar-refractivity contribution in [3.63, 3.8) is 0 Å². The number of nitrogen functional groups attached to an aromatic ring is 1. The molecule has 0 aliphatic rings. The molecule has 98 valence electrons. The van der Waals surface area contributed by atoms with Gasteiger partial charge in [-0.15, -0.1) is 11.3 Å². The molecule has 19 heavy (non-hydrogen) atoms. The van der Waals surface area contributed by atoms with Crippen LogP contribution in [0.15, 0.2) is 28.1 Å². The zero-order valence-corrected chi connectivity index (χ0v) is 12.7. The lowest BCUT2D eigenvalue weighted by atomic mass is 10.3. The number of imidazole rings is 1. The summed E-state index contributed by atoms with van der Waals surface area (Å²) in [4.78, 5) is 5.31. The zero-order chi connectivity index (χ0) is 13.6. The van der Waals surface area contributed by atoms with Crippen molar-refractivity contribution in [1.29, 1.82) is 0 Å². The van der Waals surface area contributed by atoms with Crippen molar-refractivity contribution in [3.05, 3.63) is 43.8 Å². The van der Waals surface area contributed by atoms with Crippen LogP contribution in [0.1, 0.15) is 4.88 Å². The molecule has 7 heteroatoms. The standard InChI is InChI=1S/C12H8BrClFN3S/c13-11-2-1-6(19-11)5-18-10-4-8(15)7(14)3-9(10)17-12(18)16/h1-4H,5H2,(H2,16,17). The molecule has 3 nitrogen and oxygen atoms in total. The lowest BCUT2D eigenvalue weighted by Crippen LogP contribution is -2.03. The summed E-state index contributed by atoms with van der Waals surface area (Å²) in [6, 6.07) is 6.81. The molecule has 0 bridgehead atoms. The molecule has 0 saturated heterocycles. The number of aromatic nitrogens is 2. The van der Waals surface area contributed by atoms with Crippen LogP contribution in [-0.2, 0) is 6.54 Å². The lowest BCUT2D eigenvalue weighted by molar-refractivity contribution is 0.629. The number of benzene rings is 1. The smallest absolute Gasteiger partial charge is 0.201 e. The second kappa shape index (κ2) is 4.77. The summed E-state index contributed by atoms with van der Waals surface area (Å²) < 4.78 is 16.4. The third-order valence-electron chi connectivity index (χ3n) is 2.76. The van der Waals surface area contributed by atoms with E-state index in [-0.39, 0.29) is 5.02 Å². The van der Waals surface area contributed by atoms with Gasteiger partial charge in [0.05, 0.1) is 26.4 Å². The maximum absolute atomic E-state index is 13.6. The minimum absolute atomic E-state index is 0.0519. The molecule has 0 spiro atoms. The number of hydrogen-bond acceptors (Lipinski definition) is 3. The summed E-state index contributed by atoms with van der Waals surface area (Å²) in [6.07, 6.45) is 0. The molecule has 0 fully saturated rings. The van der Waals surface area contributed by atoms with Crippen molar-refractivity contribution in [2.24, 2.45) is 0 Å². The van der Waals surface area contributed by atoms with E-state index < -0.39 is 5.82 Å². The fourth-order valence-electron chi connectivity index (χ4n) is 1.90. The molecular formula is C12H8BrClFN3S. The predicted molar refractivity (Wildman–Crippen MR) is 80.2 cm³/mol. The van der Waals surface area contributed by atoms with E-state index in [0.29, 0.717) is 23.5 Å². The van der Waals surface area contributed by atoms with Crippen molar-refractivity contribution in [3.8, 4) is 0 Å². The number of halogens is 3. The second-order valence-electron chi connectivity index (χ2n) is 4.02. The largest absolute Gasteiger partial charge is 0.369 e. The average Bonchev–Trinajstić information content (AvgIpc) is 2.87. The third kappa shape index (κ3) is 2.35. The quantitative estimate of drug-likeness (QED) is 0.741. The molecule has 3 rings (SSSR count). The monoisotopic (exact) mass is 359 g/mol. The van der Waals surface area contributed by atoms with Gasteiger partial charge in [0.25, 0.3) is 0 Å². The minimum Gasteiger partial charge on any atom is -0.369 e. The highest BCUT2D eigenvalue weighted by Crippen LogP contribution is 2.28. The van der Waals surface area contributed by atoms with E-state index in [0.717, 1.165) is 8.66 Å². The van der Waals surface area contributed by atoms with Crippen LogP contribution < -0.4 is 5.73 Å². The Morgan fingerprint density at radius 2 is 2.21 bits per heavy atom. The average molecular weight is 361 g/mol. The molecule has 0 amide bonds. The molecule has 0 atom stereocenters. The van der Waals surface area contributed by atoms with Gasteiger partial charge in [0.15, 0.2) is 0 Å². The van der Waals surface area contributed by atoms with Gasteiger partial charge in [-0.2, -0.15) is 0 Å². The molecule has 2 aromatic heterocycles. The van der Waals surface area contributed by atoms with Crippen LogP contribution in [0.2, 0.25) is 5.02 Å². The van der Waals surface area contributed by atoms with E-state index >= 15 is 0 Å². The summed E-state index contributed by atoms with van der Waals surface area (Å²) in [5, 5.41) is 0.0519. The first-order chi connectivity index (χ1) is 9.04. The molecule has 0 aliphatic carbocycles. The van der Waals surface area contributed by atoms with Crippen LogP contribution in [-0.4, -0.2) is 9.55 Å². The minimum atomic E-state index is -0.470. The highest BCUT2D eigenvalue weighted by molar-refractivity contribution is 9.11. The summed E-state index contributed by atoms with van der Waals surface area (Å²) in [5.41, 5.74) is 7.13. The van der Waals surface area contributed by atoms with Gasteiger partial charge < -0.3 is 10.3 Å². The predicted octanol–water partition coefficient (Wildman–Crippen LogP) is 4.28. The summed E-state index contributed by atoms with van der Waals surface area (Å²) >= 11 is 10.8. The molecule has 0 saturated carbocycles. The number of fused-ring (bicyclic) bond motifs is 1. The third-order valence-corrected chi connectivity index (χ3v) is 4.66. The fourth-order valence-corrected chi connectivity index (χ4v) is 3.53. The number of hydrogen-bond donors (Lipinski definition) is 1. The first-order valence-electron chi connectivity index (χ1n) is 5.39. The van der Waals surface area contributed by atoms with Crippen LogP contribution in [0.25, 0.3) is 11.0 Å². The number of anilines is 1. The first-order valence-corrected chi connectivity index (χ1v) is 7.38. The van der Waals surface area contributed by atoms with Crippen molar-refractivity contribution in [2.75, 3.05) is 5.73 Å². The Bertz CT molecular complexity index is 768. The Kier molecular flexibility index (Phi) is 3.24. The maximum atomic E-state index is 13.6. The maximum Gasteiger partial charge on any atom is 0.201 e. The molecule has 1 aromatic carbocycles. The second-order valence-corrected chi connectivity index (χ2v) is 6.97. The van der Waals surface area contributed by atoms with Gasteiger partial charge in [-0.3, -0.25) is 0 Å². The number of nitrogens with zero attached hydrogens (tertiary/aromatic N) is 2. The van der Waals surface area contributed by atoms with Crippen molar-refractivity contribution < 1.29 is 4.39 Å².